The number of nitrogens with one attached hydrogen (secondary N) is 1. The van der Waals surface area contributed by atoms with Gasteiger partial charge in [0.2, 0.25) is 10.0 Å². The van der Waals surface area contributed by atoms with E-state index in [-0.39, 0.29) is 23.7 Å². The maximum atomic E-state index is 12.3. The summed E-state index contributed by atoms with van der Waals surface area (Å²) in [5.74, 6) is 0.341. The second-order valence-corrected chi connectivity index (χ2v) is 7.01. The molecule has 3 aromatic rings. The van der Waals surface area contributed by atoms with E-state index in [1.54, 1.807) is 0 Å². The minimum Gasteiger partial charge on any atom is -0.268 e. The molecular formula is C14H13N7O5S. The van der Waals surface area contributed by atoms with Crippen LogP contribution in [0.5, 0.6) is 0 Å². The van der Waals surface area contributed by atoms with Crippen molar-refractivity contribution in [1.82, 2.24) is 29.3 Å². The van der Waals surface area contributed by atoms with Gasteiger partial charge in [-0.1, -0.05) is 6.07 Å². The average molecular weight is 391 g/mol. The number of nitro groups is 1. The summed E-state index contributed by atoms with van der Waals surface area (Å²) in [6, 6.07) is 7.40. The highest BCUT2D eigenvalue weighted by Crippen LogP contribution is 2.16. The number of rotatable bonds is 7. The van der Waals surface area contributed by atoms with Crippen LogP contribution in [0.1, 0.15) is 0 Å². The first-order valence-electron chi connectivity index (χ1n) is 7.54. The fourth-order valence-electron chi connectivity index (χ4n) is 2.18. The smallest absolute Gasteiger partial charge is 0.268 e. The van der Waals surface area contributed by atoms with Crippen molar-refractivity contribution in [3.8, 4) is 5.82 Å². The number of hydrogen-bond acceptors (Lipinski definition) is 8. The summed E-state index contributed by atoms with van der Waals surface area (Å²) in [6.07, 6.45) is 2.71. The van der Waals surface area contributed by atoms with Gasteiger partial charge in [0.05, 0.1) is 16.4 Å². The van der Waals surface area contributed by atoms with Gasteiger partial charge >= 0.3 is 0 Å². The zero-order valence-corrected chi connectivity index (χ0v) is 14.5. The number of sulfonamides is 1. The van der Waals surface area contributed by atoms with Crippen molar-refractivity contribution in [2.24, 2.45) is 0 Å². The van der Waals surface area contributed by atoms with Crippen molar-refractivity contribution >= 4 is 15.7 Å². The molecule has 0 spiro atoms. The molecule has 2 aromatic heterocycles. The van der Waals surface area contributed by atoms with Gasteiger partial charge in [0.15, 0.2) is 5.82 Å². The van der Waals surface area contributed by atoms with Gasteiger partial charge in [-0.15, -0.1) is 5.10 Å². The number of nitro benzene ring substituents is 1. The Morgan fingerprint density at radius 2 is 2.04 bits per heavy atom. The maximum absolute atomic E-state index is 12.3. The highest BCUT2D eigenvalue weighted by atomic mass is 32.2. The third kappa shape index (κ3) is 4.21. The van der Waals surface area contributed by atoms with E-state index in [1.165, 1.54) is 47.7 Å². The molecule has 2 heterocycles. The van der Waals surface area contributed by atoms with Crippen molar-refractivity contribution < 1.29 is 13.3 Å². The van der Waals surface area contributed by atoms with Crippen molar-refractivity contribution in [3.05, 3.63) is 69.5 Å². The zero-order chi connectivity index (χ0) is 19.4. The molecule has 0 amide bonds. The molecule has 0 aliphatic carbocycles. The van der Waals surface area contributed by atoms with Crippen LogP contribution in [0.15, 0.2) is 58.7 Å². The van der Waals surface area contributed by atoms with Gasteiger partial charge in [0.1, 0.15) is 12.7 Å². The lowest BCUT2D eigenvalue weighted by Crippen LogP contribution is -2.32. The molecule has 0 saturated heterocycles. The Morgan fingerprint density at radius 1 is 1.22 bits per heavy atom. The third-order valence-corrected chi connectivity index (χ3v) is 4.92. The van der Waals surface area contributed by atoms with Gasteiger partial charge in [0, 0.05) is 24.7 Å². The molecule has 12 nitrogen and oxygen atoms in total. The summed E-state index contributed by atoms with van der Waals surface area (Å²) < 4.78 is 29.3. The molecule has 0 fully saturated rings. The molecule has 0 unspecified atom stereocenters. The number of benzene rings is 1. The predicted octanol–water partition coefficient (Wildman–Crippen LogP) is -0.289. The highest BCUT2D eigenvalue weighted by molar-refractivity contribution is 7.89. The van der Waals surface area contributed by atoms with Gasteiger partial charge < -0.3 is 0 Å². The van der Waals surface area contributed by atoms with Gasteiger partial charge in [-0.05, 0) is 12.1 Å². The highest BCUT2D eigenvalue weighted by Gasteiger charge is 2.17. The van der Waals surface area contributed by atoms with Crippen LogP contribution in [0.2, 0.25) is 0 Å². The molecule has 0 aliphatic rings. The minimum absolute atomic E-state index is 0.0461. The van der Waals surface area contributed by atoms with Gasteiger partial charge in [0.25, 0.3) is 11.2 Å². The van der Waals surface area contributed by atoms with Crippen LogP contribution in [0.25, 0.3) is 5.82 Å². The fourth-order valence-corrected chi connectivity index (χ4v) is 3.24. The first kappa shape index (κ1) is 18.3. The third-order valence-electron chi connectivity index (χ3n) is 3.46. The van der Waals surface area contributed by atoms with Crippen LogP contribution < -0.4 is 10.3 Å². The lowest BCUT2D eigenvalue weighted by Gasteiger charge is -2.09. The Kier molecular flexibility index (Phi) is 5.05. The Morgan fingerprint density at radius 3 is 2.74 bits per heavy atom. The molecule has 140 valence electrons. The summed E-state index contributed by atoms with van der Waals surface area (Å²) >= 11 is 0. The van der Waals surface area contributed by atoms with Crippen molar-refractivity contribution in [1.29, 1.82) is 0 Å². The van der Waals surface area contributed by atoms with Crippen molar-refractivity contribution in [2.75, 3.05) is 6.54 Å². The van der Waals surface area contributed by atoms with Crippen LogP contribution in [0.4, 0.5) is 5.69 Å². The van der Waals surface area contributed by atoms with Crippen LogP contribution in [0.3, 0.4) is 0 Å². The maximum Gasteiger partial charge on any atom is 0.270 e. The van der Waals surface area contributed by atoms with Crippen LogP contribution in [-0.2, 0) is 16.6 Å². The molecule has 0 radical (unpaired) electrons. The normalized spacial score (nSPS) is 11.4. The number of hydrogen-bond donors (Lipinski definition) is 1. The summed E-state index contributed by atoms with van der Waals surface area (Å²) in [6.45, 7) is -0.186. The SMILES string of the molecule is O=c1ccc(-n2cncn2)nn1CCNS(=O)(=O)c1cccc([N+](=O)[O-])c1. The van der Waals surface area contributed by atoms with E-state index >= 15 is 0 Å². The van der Waals surface area contributed by atoms with Crippen LogP contribution >= 0.6 is 0 Å². The van der Waals surface area contributed by atoms with E-state index in [9.17, 15) is 23.3 Å². The molecule has 1 N–H and O–H groups in total. The molecule has 0 saturated carbocycles. The molecule has 0 atom stereocenters. The number of aromatic nitrogens is 5. The van der Waals surface area contributed by atoms with E-state index < -0.39 is 20.5 Å². The minimum atomic E-state index is -3.98. The summed E-state index contributed by atoms with van der Waals surface area (Å²) in [5.41, 5.74) is -0.760. The molecular weight excluding hydrogens is 378 g/mol. The standard InChI is InChI=1S/C14H13N7O5S/c22-14-5-4-13(20-10-15-9-16-20)18-19(14)7-6-17-27(25,26)12-3-1-2-11(8-12)21(23)24/h1-5,8-10,17H,6-7H2. The molecule has 13 heteroatoms. The molecule has 27 heavy (non-hydrogen) atoms. The topological polar surface area (TPSA) is 155 Å². The van der Waals surface area contributed by atoms with E-state index in [0.29, 0.717) is 5.82 Å². The molecule has 1 aromatic carbocycles. The Labute approximate surface area is 152 Å². The van der Waals surface area contributed by atoms with E-state index in [4.69, 9.17) is 0 Å². The van der Waals surface area contributed by atoms with Crippen LogP contribution in [-0.4, -0.2) is 44.4 Å². The van der Waals surface area contributed by atoms with Crippen LogP contribution in [0, 0.1) is 10.1 Å². The van der Waals surface area contributed by atoms with Crippen molar-refractivity contribution in [2.45, 2.75) is 11.4 Å². The average Bonchev–Trinajstić information content (AvgIpc) is 3.18. The Hall–Kier alpha value is -3.45. The number of nitrogens with zero attached hydrogens (tertiary/aromatic N) is 6. The lowest BCUT2D eigenvalue weighted by molar-refractivity contribution is -0.385. The molecule has 3 rings (SSSR count). The predicted molar refractivity (Wildman–Crippen MR) is 91.7 cm³/mol. The van der Waals surface area contributed by atoms with E-state index in [2.05, 4.69) is 19.9 Å². The Bertz CT molecular complexity index is 1120. The van der Waals surface area contributed by atoms with E-state index in [1.807, 2.05) is 0 Å². The van der Waals surface area contributed by atoms with Gasteiger partial charge in [-0.3, -0.25) is 14.9 Å². The summed E-state index contributed by atoms with van der Waals surface area (Å²) in [7, 11) is -3.98. The quantitative estimate of drug-likeness (QED) is 0.425. The van der Waals surface area contributed by atoms with Gasteiger partial charge in [-0.25, -0.2) is 27.5 Å². The monoisotopic (exact) mass is 391 g/mol. The fraction of sp³-hybridized carbons (Fsp3) is 0.143. The second-order valence-electron chi connectivity index (χ2n) is 5.25. The molecule has 0 bridgehead atoms. The first-order chi connectivity index (χ1) is 12.9. The van der Waals surface area contributed by atoms with E-state index in [0.717, 1.165) is 10.7 Å². The lowest BCUT2D eigenvalue weighted by atomic mass is 10.3. The second kappa shape index (κ2) is 7.43. The molecule has 0 aliphatic heterocycles. The number of non-ortho nitro benzene ring substituents is 1. The Balaban J connectivity index is 1.72. The summed E-state index contributed by atoms with van der Waals surface area (Å²) in [5, 5.41) is 18.8. The largest absolute Gasteiger partial charge is 0.270 e. The van der Waals surface area contributed by atoms with Gasteiger partial charge in [-0.2, -0.15) is 5.10 Å². The summed E-state index contributed by atoms with van der Waals surface area (Å²) in [4.78, 5) is 25.5. The first-order valence-corrected chi connectivity index (χ1v) is 9.02. The van der Waals surface area contributed by atoms with Crippen molar-refractivity contribution in [3.63, 3.8) is 0 Å². The zero-order valence-electron chi connectivity index (χ0n) is 13.7.